The molecule has 4 heteroatoms. The highest BCUT2D eigenvalue weighted by Crippen LogP contribution is 2.36. The number of rotatable bonds is 8. The molecule has 0 aliphatic heterocycles. The summed E-state index contributed by atoms with van der Waals surface area (Å²) in [6.45, 7) is 13.7. The maximum atomic E-state index is 6.31. The first-order valence-electron chi connectivity index (χ1n) is 9.78. The molecule has 0 fully saturated rings. The average molecular weight is 510 g/mol. The van der Waals surface area contributed by atoms with Crippen molar-refractivity contribution in [2.75, 3.05) is 6.61 Å². The topological polar surface area (TPSA) is 18.5 Å². The third kappa shape index (κ3) is 6.38. The average Bonchev–Trinajstić information content (AvgIpc) is 2.62. The highest BCUT2D eigenvalue weighted by Gasteiger charge is 2.14. The Hall–Kier alpha value is -1.26. The minimum absolute atomic E-state index is 0.336. The van der Waals surface area contributed by atoms with Crippen LogP contribution in [0.25, 0.3) is 0 Å². The van der Waals surface area contributed by atoms with E-state index in [4.69, 9.17) is 9.47 Å². The van der Waals surface area contributed by atoms with Crippen LogP contribution in [0.2, 0.25) is 0 Å². The van der Waals surface area contributed by atoms with Crippen molar-refractivity contribution in [2.24, 2.45) is 0 Å². The molecule has 0 atom stereocenters. The van der Waals surface area contributed by atoms with Gasteiger partial charge < -0.3 is 9.47 Å². The molecule has 0 aromatic heterocycles. The first-order valence-corrected chi connectivity index (χ1v) is 11.4. The molecule has 28 heavy (non-hydrogen) atoms. The summed E-state index contributed by atoms with van der Waals surface area (Å²) in [5.41, 5.74) is 3.72. The van der Waals surface area contributed by atoms with E-state index < -0.39 is 0 Å². The first kappa shape index (κ1) is 23.0. The lowest BCUT2D eigenvalue weighted by Gasteiger charge is -2.19. The van der Waals surface area contributed by atoms with E-state index >= 15 is 0 Å². The molecule has 0 saturated carbocycles. The molecule has 0 radical (unpaired) electrons. The van der Waals surface area contributed by atoms with Crippen molar-refractivity contribution in [1.82, 2.24) is 0 Å². The molecule has 0 bridgehead atoms. The summed E-state index contributed by atoms with van der Waals surface area (Å²) >= 11 is 6.71. The van der Waals surface area contributed by atoms with E-state index in [2.05, 4.69) is 97.7 Å². The molecule has 2 nitrogen and oxygen atoms in total. The van der Waals surface area contributed by atoms with Gasteiger partial charge in [0.1, 0.15) is 23.9 Å². The van der Waals surface area contributed by atoms with Crippen molar-refractivity contribution < 1.29 is 9.47 Å². The number of hydrogen-bond donors (Lipinski definition) is 0. The molecule has 0 aliphatic carbocycles. The van der Waals surface area contributed by atoms with Crippen LogP contribution in [0.1, 0.15) is 76.0 Å². The van der Waals surface area contributed by atoms with E-state index in [0.717, 1.165) is 26.2 Å². The first-order chi connectivity index (χ1) is 13.2. The molecule has 2 aromatic rings. The van der Waals surface area contributed by atoms with Crippen molar-refractivity contribution >= 4 is 31.9 Å². The van der Waals surface area contributed by atoms with E-state index in [9.17, 15) is 0 Å². The summed E-state index contributed by atoms with van der Waals surface area (Å²) < 4.78 is 13.1. The summed E-state index contributed by atoms with van der Waals surface area (Å²) in [6, 6.07) is 12.6. The van der Waals surface area contributed by atoms with Crippen LogP contribution < -0.4 is 9.47 Å². The highest BCUT2D eigenvalue weighted by molar-refractivity contribution is 9.28. The second kappa shape index (κ2) is 10.5. The fraction of sp³-hybridized carbons (Fsp3) is 0.417. The number of ether oxygens (including phenoxy) is 2. The third-order valence-corrected chi connectivity index (χ3v) is 5.28. The van der Waals surface area contributed by atoms with Crippen LogP contribution in [0.15, 0.2) is 45.9 Å². The minimum Gasteiger partial charge on any atom is -0.489 e. The van der Waals surface area contributed by atoms with E-state index in [1.165, 1.54) is 11.1 Å². The second-order valence-corrected chi connectivity index (χ2v) is 10.6. The van der Waals surface area contributed by atoms with Crippen molar-refractivity contribution in [3.63, 3.8) is 0 Å². The van der Waals surface area contributed by atoms with Crippen molar-refractivity contribution in [3.8, 4) is 17.2 Å². The zero-order valence-electron chi connectivity index (χ0n) is 17.6. The van der Waals surface area contributed by atoms with E-state index in [-0.39, 0.29) is 0 Å². The molecule has 0 heterocycles. The maximum absolute atomic E-state index is 6.31. The lowest BCUT2D eigenvalue weighted by atomic mass is 9.95. The van der Waals surface area contributed by atoms with Crippen LogP contribution >= 0.6 is 31.9 Å². The Morgan fingerprint density at radius 2 is 1.43 bits per heavy atom. The van der Waals surface area contributed by atoms with Gasteiger partial charge in [-0.2, -0.15) is 0 Å². The lowest BCUT2D eigenvalue weighted by Crippen LogP contribution is -2.01. The van der Waals surface area contributed by atoms with Gasteiger partial charge in [-0.1, -0.05) is 53.7 Å². The van der Waals surface area contributed by atoms with Crippen molar-refractivity contribution in [3.05, 3.63) is 62.6 Å². The highest BCUT2D eigenvalue weighted by atomic mass is 79.9. The van der Waals surface area contributed by atoms with Crippen LogP contribution in [-0.4, -0.2) is 6.61 Å². The molecule has 0 N–H and O–H groups in total. The van der Waals surface area contributed by atoms with Gasteiger partial charge in [-0.3, -0.25) is 0 Å². The Morgan fingerprint density at radius 1 is 0.821 bits per heavy atom. The van der Waals surface area contributed by atoms with Gasteiger partial charge in [0.25, 0.3) is 0 Å². The summed E-state index contributed by atoms with van der Waals surface area (Å²) in [5, 5.41) is 0. The fourth-order valence-electron chi connectivity index (χ4n) is 2.96. The maximum Gasteiger partial charge on any atom is 0.130 e. The molecule has 2 rings (SSSR count). The Morgan fingerprint density at radius 3 is 2.00 bits per heavy atom. The number of halogens is 2. The molecule has 152 valence electrons. The van der Waals surface area contributed by atoms with Crippen LogP contribution in [0, 0.1) is 0 Å². The molecule has 0 saturated heterocycles. The normalized spacial score (nSPS) is 11.2. The number of hydrogen-bond acceptors (Lipinski definition) is 2. The van der Waals surface area contributed by atoms with Gasteiger partial charge >= 0.3 is 0 Å². The van der Waals surface area contributed by atoms with Gasteiger partial charge in [-0.05, 0) is 91.1 Å². The zero-order valence-corrected chi connectivity index (χ0v) is 20.7. The third-order valence-electron chi connectivity index (χ3n) is 4.63. The zero-order chi connectivity index (χ0) is 20.8. The SMILES string of the molecule is CC(C)c1ccc(Oc2ccc(OCC=C(Br)Br)c(C(C)C)c2)c(C(C)C)c1. The van der Waals surface area contributed by atoms with E-state index in [1.807, 2.05) is 18.2 Å². The van der Waals surface area contributed by atoms with Crippen LogP contribution in [0.5, 0.6) is 17.2 Å². The van der Waals surface area contributed by atoms with Crippen LogP contribution in [0.4, 0.5) is 0 Å². The predicted molar refractivity (Wildman–Crippen MR) is 127 cm³/mol. The molecule has 0 aliphatic rings. The van der Waals surface area contributed by atoms with E-state index in [1.54, 1.807) is 0 Å². The second-order valence-electron chi connectivity index (χ2n) is 7.87. The van der Waals surface area contributed by atoms with Crippen molar-refractivity contribution in [1.29, 1.82) is 0 Å². The molecule has 0 unspecified atom stereocenters. The molecular formula is C24H30Br2O2. The minimum atomic E-state index is 0.336. The largest absolute Gasteiger partial charge is 0.489 e. The van der Waals surface area contributed by atoms with Crippen LogP contribution in [-0.2, 0) is 0 Å². The Balaban J connectivity index is 2.31. The summed E-state index contributed by atoms with van der Waals surface area (Å²) in [7, 11) is 0. The standard InChI is InChI=1S/C24H30Br2O2/c1-15(2)18-7-9-23(20(13-18)16(3)4)28-19-8-10-22(21(14-19)17(5)6)27-12-11-24(25)26/h7-11,13-17H,12H2,1-6H3. The molecule has 2 aromatic carbocycles. The monoisotopic (exact) mass is 508 g/mol. The smallest absolute Gasteiger partial charge is 0.130 e. The van der Waals surface area contributed by atoms with Gasteiger partial charge in [-0.15, -0.1) is 0 Å². The predicted octanol–water partition coefficient (Wildman–Crippen LogP) is 8.86. The van der Waals surface area contributed by atoms with Crippen molar-refractivity contribution in [2.45, 2.75) is 59.3 Å². The fourth-order valence-corrected chi connectivity index (χ4v) is 3.23. The summed E-state index contributed by atoms with van der Waals surface area (Å²) in [5.74, 6) is 3.89. The number of benzene rings is 2. The van der Waals surface area contributed by atoms with Crippen LogP contribution in [0.3, 0.4) is 0 Å². The Bertz CT molecular complexity index is 819. The molecule has 0 spiro atoms. The van der Waals surface area contributed by atoms with Gasteiger partial charge in [0.05, 0.1) is 3.39 Å². The molecular weight excluding hydrogens is 480 g/mol. The lowest BCUT2D eigenvalue weighted by molar-refractivity contribution is 0.356. The summed E-state index contributed by atoms with van der Waals surface area (Å²) in [6.07, 6.45) is 1.93. The van der Waals surface area contributed by atoms with E-state index in [0.29, 0.717) is 24.4 Å². The van der Waals surface area contributed by atoms with Gasteiger partial charge in [0.15, 0.2) is 0 Å². The van der Waals surface area contributed by atoms with Gasteiger partial charge in [0.2, 0.25) is 0 Å². The molecule has 0 amide bonds. The Kier molecular flexibility index (Phi) is 8.63. The Labute approximate surface area is 186 Å². The summed E-state index contributed by atoms with van der Waals surface area (Å²) in [4.78, 5) is 0. The van der Waals surface area contributed by atoms with Gasteiger partial charge in [-0.25, -0.2) is 0 Å². The quantitative estimate of drug-likeness (QED) is 0.353. The van der Waals surface area contributed by atoms with Gasteiger partial charge in [0, 0.05) is 5.56 Å².